The van der Waals surface area contributed by atoms with Crippen molar-refractivity contribution >= 4 is 0 Å². The molecule has 0 amide bonds. The Balaban J connectivity index is 3.13. The fourth-order valence-corrected chi connectivity index (χ4v) is 0.716. The van der Waals surface area contributed by atoms with Gasteiger partial charge in [-0.1, -0.05) is 0 Å². The van der Waals surface area contributed by atoms with Crippen molar-refractivity contribution in [3.63, 3.8) is 0 Å². The number of hydrogen-bond acceptors (Lipinski definition) is 2. The Morgan fingerprint density at radius 3 is 2.40 bits per heavy atom. The molecule has 0 aliphatic carbocycles. The van der Waals surface area contributed by atoms with Crippen LogP contribution in [0.2, 0.25) is 0 Å². The average Bonchev–Trinajstić information content (AvgIpc) is 1.88. The van der Waals surface area contributed by atoms with Crippen molar-refractivity contribution in [3.05, 3.63) is 0 Å². The molecular formula is C8H19NO. The Labute approximate surface area is 64.2 Å². The minimum absolute atomic E-state index is 0.650. The van der Waals surface area contributed by atoms with E-state index in [-0.39, 0.29) is 0 Å². The van der Waals surface area contributed by atoms with Crippen LogP contribution in [0, 0.1) is 0 Å². The Morgan fingerprint density at radius 1 is 1.40 bits per heavy atom. The average molecular weight is 145 g/mol. The molecule has 0 aromatic carbocycles. The van der Waals surface area contributed by atoms with Crippen molar-refractivity contribution in [2.75, 3.05) is 27.3 Å². The van der Waals surface area contributed by atoms with E-state index in [0.29, 0.717) is 6.04 Å². The van der Waals surface area contributed by atoms with Gasteiger partial charge in [0.25, 0.3) is 0 Å². The van der Waals surface area contributed by atoms with Crippen molar-refractivity contribution in [3.8, 4) is 0 Å². The highest BCUT2D eigenvalue weighted by Gasteiger charge is 2.00. The summed E-state index contributed by atoms with van der Waals surface area (Å²) < 4.78 is 4.95. The smallest absolute Gasteiger partial charge is 0.0474 e. The van der Waals surface area contributed by atoms with Crippen LogP contribution in [0.15, 0.2) is 0 Å². The summed E-state index contributed by atoms with van der Waals surface area (Å²) in [7, 11) is 3.88. The monoisotopic (exact) mass is 145 g/mol. The first kappa shape index (κ1) is 9.92. The van der Waals surface area contributed by atoms with Crippen LogP contribution in [-0.2, 0) is 4.74 Å². The van der Waals surface area contributed by atoms with E-state index in [9.17, 15) is 0 Å². The van der Waals surface area contributed by atoms with Crippen molar-refractivity contribution in [1.29, 1.82) is 0 Å². The number of ether oxygens (including phenoxy) is 1. The van der Waals surface area contributed by atoms with Crippen LogP contribution in [0.1, 0.15) is 20.3 Å². The molecule has 2 nitrogen and oxygen atoms in total. The molecule has 10 heavy (non-hydrogen) atoms. The molecule has 62 valence electrons. The maximum absolute atomic E-state index is 4.95. The predicted octanol–water partition coefficient (Wildman–Crippen LogP) is 1.36. The van der Waals surface area contributed by atoms with Crippen molar-refractivity contribution < 1.29 is 4.74 Å². The summed E-state index contributed by atoms with van der Waals surface area (Å²) in [6.45, 7) is 6.40. The van der Waals surface area contributed by atoms with Crippen LogP contribution in [0.3, 0.4) is 0 Å². The second-order valence-corrected chi connectivity index (χ2v) is 2.92. The van der Waals surface area contributed by atoms with Gasteiger partial charge in [0.05, 0.1) is 0 Å². The van der Waals surface area contributed by atoms with E-state index in [1.54, 1.807) is 7.11 Å². The van der Waals surface area contributed by atoms with Gasteiger partial charge in [-0.2, -0.15) is 0 Å². The van der Waals surface area contributed by atoms with Crippen molar-refractivity contribution in [1.82, 2.24) is 4.90 Å². The van der Waals surface area contributed by atoms with Crippen LogP contribution in [0.4, 0.5) is 0 Å². The Hall–Kier alpha value is -0.0800. The second kappa shape index (κ2) is 5.69. The molecule has 0 radical (unpaired) electrons. The van der Waals surface area contributed by atoms with Gasteiger partial charge >= 0.3 is 0 Å². The molecule has 0 heterocycles. The number of nitrogens with zero attached hydrogens (tertiary/aromatic N) is 1. The number of rotatable bonds is 5. The summed E-state index contributed by atoms with van der Waals surface area (Å²) in [4.78, 5) is 2.32. The van der Waals surface area contributed by atoms with Crippen LogP contribution in [-0.4, -0.2) is 38.3 Å². The predicted molar refractivity (Wildman–Crippen MR) is 44.3 cm³/mol. The van der Waals surface area contributed by atoms with E-state index in [4.69, 9.17) is 4.74 Å². The lowest BCUT2D eigenvalue weighted by Gasteiger charge is -2.20. The number of methoxy groups -OCH3 is 1. The van der Waals surface area contributed by atoms with Crippen LogP contribution in [0.5, 0.6) is 0 Å². The highest BCUT2D eigenvalue weighted by Crippen LogP contribution is 1.94. The first-order valence-corrected chi connectivity index (χ1v) is 3.87. The van der Waals surface area contributed by atoms with Gasteiger partial charge in [-0.25, -0.2) is 0 Å². The molecule has 0 aliphatic rings. The Morgan fingerprint density at radius 2 is 2.00 bits per heavy atom. The topological polar surface area (TPSA) is 12.5 Å². The third-order valence-electron chi connectivity index (χ3n) is 1.74. The Kier molecular flexibility index (Phi) is 5.64. The minimum atomic E-state index is 0.650. The van der Waals surface area contributed by atoms with E-state index in [1.165, 1.54) is 0 Å². The second-order valence-electron chi connectivity index (χ2n) is 2.92. The van der Waals surface area contributed by atoms with Gasteiger partial charge in [-0.05, 0) is 27.3 Å². The molecule has 0 spiro atoms. The van der Waals surface area contributed by atoms with Gasteiger partial charge in [0.15, 0.2) is 0 Å². The van der Waals surface area contributed by atoms with E-state index in [1.807, 2.05) is 0 Å². The molecule has 0 unspecified atom stereocenters. The zero-order valence-corrected chi connectivity index (χ0v) is 7.55. The lowest BCUT2D eigenvalue weighted by atomic mass is 10.3. The molecule has 0 fully saturated rings. The third kappa shape index (κ3) is 4.77. The molecule has 0 bridgehead atoms. The highest BCUT2D eigenvalue weighted by atomic mass is 16.5. The molecule has 0 aliphatic heterocycles. The first-order valence-electron chi connectivity index (χ1n) is 3.87. The van der Waals surface area contributed by atoms with E-state index < -0.39 is 0 Å². The zero-order chi connectivity index (χ0) is 7.98. The molecule has 0 saturated carbocycles. The molecule has 0 rings (SSSR count). The van der Waals surface area contributed by atoms with Gasteiger partial charge in [0.1, 0.15) is 0 Å². The van der Waals surface area contributed by atoms with Crippen molar-refractivity contribution in [2.45, 2.75) is 26.3 Å². The van der Waals surface area contributed by atoms with E-state index in [0.717, 1.165) is 19.6 Å². The van der Waals surface area contributed by atoms with Crippen LogP contribution in [0.25, 0.3) is 0 Å². The van der Waals surface area contributed by atoms with Crippen molar-refractivity contribution in [2.24, 2.45) is 0 Å². The van der Waals surface area contributed by atoms with Gasteiger partial charge in [-0.15, -0.1) is 0 Å². The minimum Gasteiger partial charge on any atom is -0.385 e. The fourth-order valence-electron chi connectivity index (χ4n) is 0.716. The molecular weight excluding hydrogens is 126 g/mol. The molecule has 0 aromatic rings. The molecule has 0 aromatic heterocycles. The van der Waals surface area contributed by atoms with Gasteiger partial charge in [-0.3, -0.25) is 0 Å². The summed E-state index contributed by atoms with van der Waals surface area (Å²) in [6.07, 6.45) is 1.13. The SMILES string of the molecule is COCCCN(C)C(C)C. The van der Waals surface area contributed by atoms with Gasteiger partial charge in [0, 0.05) is 26.3 Å². The normalized spacial score (nSPS) is 11.4. The number of hydrogen-bond donors (Lipinski definition) is 0. The summed E-state index contributed by atoms with van der Waals surface area (Å²) in [5.74, 6) is 0. The standard InChI is InChI=1S/C8H19NO/c1-8(2)9(3)6-5-7-10-4/h8H,5-7H2,1-4H3. The third-order valence-corrected chi connectivity index (χ3v) is 1.74. The maximum atomic E-state index is 4.95. The van der Waals surface area contributed by atoms with E-state index >= 15 is 0 Å². The maximum Gasteiger partial charge on any atom is 0.0474 e. The van der Waals surface area contributed by atoms with Crippen LogP contribution < -0.4 is 0 Å². The summed E-state index contributed by atoms with van der Waals surface area (Å²) in [6, 6.07) is 0.650. The van der Waals surface area contributed by atoms with Gasteiger partial charge < -0.3 is 9.64 Å². The summed E-state index contributed by atoms with van der Waals surface area (Å²) >= 11 is 0. The molecule has 0 atom stereocenters. The Bertz CT molecular complexity index is 73.7. The van der Waals surface area contributed by atoms with Crippen LogP contribution >= 0.6 is 0 Å². The molecule has 2 heteroatoms. The zero-order valence-electron chi connectivity index (χ0n) is 7.55. The quantitative estimate of drug-likeness (QED) is 0.542. The lowest BCUT2D eigenvalue weighted by molar-refractivity contribution is 0.171. The fraction of sp³-hybridized carbons (Fsp3) is 1.00. The van der Waals surface area contributed by atoms with Gasteiger partial charge in [0.2, 0.25) is 0 Å². The van der Waals surface area contributed by atoms with E-state index in [2.05, 4.69) is 25.8 Å². The first-order chi connectivity index (χ1) is 4.68. The molecule has 0 N–H and O–H groups in total. The summed E-state index contributed by atoms with van der Waals surface area (Å²) in [5, 5.41) is 0. The lowest BCUT2D eigenvalue weighted by Crippen LogP contribution is -2.27. The summed E-state index contributed by atoms with van der Waals surface area (Å²) in [5.41, 5.74) is 0. The highest BCUT2D eigenvalue weighted by molar-refractivity contribution is 4.55. The molecule has 0 saturated heterocycles. The largest absolute Gasteiger partial charge is 0.385 e.